The van der Waals surface area contributed by atoms with Crippen LogP contribution in [-0.2, 0) is 0 Å². The number of nitrogens with zero attached hydrogens (tertiary/aromatic N) is 2. The quantitative estimate of drug-likeness (QED) is 0.583. The number of hydrogen-bond donors (Lipinski definition) is 0. The molecule has 0 radical (unpaired) electrons. The molecule has 0 bridgehead atoms. The first-order chi connectivity index (χ1) is 5.71. The van der Waals surface area contributed by atoms with Crippen molar-refractivity contribution in [3.63, 3.8) is 0 Å². The predicted octanol–water partition coefficient (Wildman–Crippen LogP) is 1.52. The van der Waals surface area contributed by atoms with Gasteiger partial charge in [0.2, 0.25) is 0 Å². The highest BCUT2D eigenvalue weighted by molar-refractivity contribution is 6.51. The Labute approximate surface area is 79.3 Å². The zero-order valence-corrected chi connectivity index (χ0v) is 10.5. The third kappa shape index (κ3) is 3.25. The Hall–Kier alpha value is 0.137. The second kappa shape index (κ2) is 6.63. The van der Waals surface area contributed by atoms with E-state index in [1.807, 2.05) is 0 Å². The van der Waals surface area contributed by atoms with Gasteiger partial charge < -0.3 is 9.13 Å². The molecule has 0 aliphatic carbocycles. The van der Waals surface area contributed by atoms with Crippen molar-refractivity contribution in [2.75, 3.05) is 26.2 Å². The fourth-order valence-electron chi connectivity index (χ4n) is 1.74. The van der Waals surface area contributed by atoms with Crippen molar-refractivity contribution in [2.45, 2.75) is 34.2 Å². The van der Waals surface area contributed by atoms with Crippen molar-refractivity contribution in [1.82, 2.24) is 9.13 Å². The molecule has 0 unspecified atom stereocenters. The second-order valence-electron chi connectivity index (χ2n) is 3.07. The second-order valence-corrected chi connectivity index (χ2v) is 5.80. The Morgan fingerprint density at radius 3 is 1.17 bits per heavy atom. The van der Waals surface area contributed by atoms with Gasteiger partial charge in [0.25, 0.3) is 0 Å². The summed E-state index contributed by atoms with van der Waals surface area (Å²) < 4.78 is 5.24. The number of hydrogen-bond acceptors (Lipinski definition) is 2. The van der Waals surface area contributed by atoms with Gasteiger partial charge in [-0.05, 0) is 32.7 Å². The standard InChI is InChI=1S/C9H24N2Si/c1-6-10(7-2)12(5)11(8-3)9-4/h12H,6-9H2,1-5H3. The summed E-state index contributed by atoms with van der Waals surface area (Å²) in [5.74, 6) is 0. The molecule has 0 saturated heterocycles. The Balaban J connectivity index is 4.02. The van der Waals surface area contributed by atoms with Crippen molar-refractivity contribution in [3.8, 4) is 0 Å². The van der Waals surface area contributed by atoms with Crippen molar-refractivity contribution < 1.29 is 0 Å². The summed E-state index contributed by atoms with van der Waals surface area (Å²) in [7, 11) is -0.765. The van der Waals surface area contributed by atoms with Crippen LogP contribution in [0.3, 0.4) is 0 Å². The SMILES string of the molecule is CCN(CC)[SiH](C)N(CC)CC. The monoisotopic (exact) mass is 188 g/mol. The largest absolute Gasteiger partial charge is 0.315 e. The molecule has 0 atom stereocenters. The molecule has 0 aliphatic rings. The van der Waals surface area contributed by atoms with Crippen molar-refractivity contribution >= 4 is 9.12 Å². The van der Waals surface area contributed by atoms with E-state index in [1.54, 1.807) is 0 Å². The van der Waals surface area contributed by atoms with E-state index in [4.69, 9.17) is 0 Å². The summed E-state index contributed by atoms with van der Waals surface area (Å²) in [4.78, 5) is 0. The van der Waals surface area contributed by atoms with E-state index < -0.39 is 9.12 Å². The molecule has 0 aromatic carbocycles. The van der Waals surface area contributed by atoms with Gasteiger partial charge in [0.05, 0.1) is 0 Å². The van der Waals surface area contributed by atoms with Gasteiger partial charge in [-0.1, -0.05) is 27.7 Å². The smallest absolute Gasteiger partial charge is 0.186 e. The van der Waals surface area contributed by atoms with Crippen LogP contribution in [0.15, 0.2) is 0 Å². The Kier molecular flexibility index (Phi) is 6.71. The van der Waals surface area contributed by atoms with Crippen LogP contribution < -0.4 is 0 Å². The lowest BCUT2D eigenvalue weighted by Crippen LogP contribution is -2.50. The predicted molar refractivity (Wildman–Crippen MR) is 58.9 cm³/mol. The minimum Gasteiger partial charge on any atom is -0.315 e. The lowest BCUT2D eigenvalue weighted by atomic mass is 10.7. The number of rotatable bonds is 6. The molecule has 12 heavy (non-hydrogen) atoms. The van der Waals surface area contributed by atoms with E-state index in [0.717, 1.165) is 0 Å². The van der Waals surface area contributed by atoms with Gasteiger partial charge in [-0.3, -0.25) is 0 Å². The molecule has 2 nitrogen and oxygen atoms in total. The Bertz CT molecular complexity index is 88.7. The lowest BCUT2D eigenvalue weighted by molar-refractivity contribution is 0.383. The highest BCUT2D eigenvalue weighted by atomic mass is 28.3. The van der Waals surface area contributed by atoms with Gasteiger partial charge in [-0.15, -0.1) is 0 Å². The molecule has 0 aromatic heterocycles. The van der Waals surface area contributed by atoms with Crippen molar-refractivity contribution in [1.29, 1.82) is 0 Å². The van der Waals surface area contributed by atoms with Gasteiger partial charge in [-0.25, -0.2) is 0 Å². The molecule has 0 spiro atoms. The molecular weight excluding hydrogens is 164 g/mol. The van der Waals surface area contributed by atoms with Crippen LogP contribution in [0.25, 0.3) is 0 Å². The maximum absolute atomic E-state index is 2.62. The normalized spacial score (nSPS) is 12.0. The summed E-state index contributed by atoms with van der Waals surface area (Å²) in [5, 5.41) is 0. The summed E-state index contributed by atoms with van der Waals surface area (Å²) in [6, 6.07) is 0. The Morgan fingerprint density at radius 2 is 1.00 bits per heavy atom. The van der Waals surface area contributed by atoms with E-state index in [2.05, 4.69) is 43.4 Å². The average Bonchev–Trinajstić information content (AvgIpc) is 2.09. The molecule has 0 aliphatic heterocycles. The Morgan fingerprint density at radius 1 is 0.750 bits per heavy atom. The van der Waals surface area contributed by atoms with Crippen LogP contribution in [0, 0.1) is 0 Å². The molecule has 0 amide bonds. The van der Waals surface area contributed by atoms with E-state index in [9.17, 15) is 0 Å². The molecule has 0 saturated carbocycles. The van der Waals surface area contributed by atoms with Gasteiger partial charge in [0.1, 0.15) is 0 Å². The third-order valence-electron chi connectivity index (χ3n) is 2.68. The molecule has 0 fully saturated rings. The molecule has 0 N–H and O–H groups in total. The zero-order valence-electron chi connectivity index (χ0n) is 9.30. The molecule has 0 heterocycles. The van der Waals surface area contributed by atoms with Crippen LogP contribution in [0.2, 0.25) is 6.55 Å². The van der Waals surface area contributed by atoms with E-state index in [1.165, 1.54) is 26.2 Å². The topological polar surface area (TPSA) is 6.48 Å². The van der Waals surface area contributed by atoms with Crippen LogP contribution in [0.1, 0.15) is 27.7 Å². The molecular formula is C9H24N2Si. The first-order valence-corrected chi connectivity index (χ1v) is 7.37. The van der Waals surface area contributed by atoms with Crippen molar-refractivity contribution in [2.24, 2.45) is 0 Å². The fraction of sp³-hybridized carbons (Fsp3) is 1.00. The maximum atomic E-state index is 2.62. The first kappa shape index (κ1) is 12.1. The summed E-state index contributed by atoms with van der Waals surface area (Å²) in [6.07, 6.45) is 0. The highest BCUT2D eigenvalue weighted by Gasteiger charge is 2.17. The molecule has 3 heteroatoms. The van der Waals surface area contributed by atoms with Crippen LogP contribution in [0.4, 0.5) is 0 Å². The van der Waals surface area contributed by atoms with Crippen LogP contribution in [0.5, 0.6) is 0 Å². The van der Waals surface area contributed by atoms with E-state index in [-0.39, 0.29) is 0 Å². The van der Waals surface area contributed by atoms with E-state index >= 15 is 0 Å². The zero-order chi connectivity index (χ0) is 9.56. The summed E-state index contributed by atoms with van der Waals surface area (Å²) >= 11 is 0. The van der Waals surface area contributed by atoms with Gasteiger partial charge in [0.15, 0.2) is 9.12 Å². The molecule has 74 valence electrons. The average molecular weight is 188 g/mol. The van der Waals surface area contributed by atoms with Crippen LogP contribution >= 0.6 is 0 Å². The van der Waals surface area contributed by atoms with Crippen molar-refractivity contribution in [3.05, 3.63) is 0 Å². The van der Waals surface area contributed by atoms with Gasteiger partial charge >= 0.3 is 0 Å². The van der Waals surface area contributed by atoms with Gasteiger partial charge in [-0.2, -0.15) is 0 Å². The fourth-order valence-corrected chi connectivity index (χ4v) is 4.31. The third-order valence-corrected chi connectivity index (χ3v) is 6.26. The minimum absolute atomic E-state index is 0.765. The lowest BCUT2D eigenvalue weighted by Gasteiger charge is -2.33. The van der Waals surface area contributed by atoms with Gasteiger partial charge in [0, 0.05) is 0 Å². The van der Waals surface area contributed by atoms with Crippen LogP contribution in [-0.4, -0.2) is 44.4 Å². The highest BCUT2D eigenvalue weighted by Crippen LogP contribution is 2.00. The maximum Gasteiger partial charge on any atom is 0.186 e. The molecule has 0 rings (SSSR count). The summed E-state index contributed by atoms with van der Waals surface area (Å²) in [6.45, 7) is 16.3. The summed E-state index contributed by atoms with van der Waals surface area (Å²) in [5.41, 5.74) is 0. The first-order valence-electron chi connectivity index (χ1n) is 5.19. The molecule has 0 aromatic rings. The minimum atomic E-state index is -0.765. The van der Waals surface area contributed by atoms with E-state index in [0.29, 0.717) is 0 Å².